The van der Waals surface area contributed by atoms with Gasteiger partial charge in [-0.3, -0.25) is 14.2 Å². The second-order valence-corrected chi connectivity index (χ2v) is 8.92. The lowest BCUT2D eigenvalue weighted by Crippen LogP contribution is -2.17. The van der Waals surface area contributed by atoms with Gasteiger partial charge in [0.15, 0.2) is 0 Å². The molecule has 4 aromatic rings. The highest BCUT2D eigenvalue weighted by Crippen LogP contribution is 2.25. The lowest BCUT2D eigenvalue weighted by Gasteiger charge is -2.05. The fraction of sp³-hybridized carbons (Fsp3) is 0.0455. The molecule has 0 aliphatic carbocycles. The van der Waals surface area contributed by atoms with Crippen LogP contribution in [0.25, 0.3) is 10.8 Å². The summed E-state index contributed by atoms with van der Waals surface area (Å²) >= 11 is 10.7. The fourth-order valence-electron chi connectivity index (χ4n) is 3.01. The molecule has 1 aromatic heterocycles. The molecule has 0 spiro atoms. The highest BCUT2D eigenvalue weighted by Gasteiger charge is 2.14. The van der Waals surface area contributed by atoms with E-state index in [4.69, 9.17) is 11.6 Å². The Kier molecular flexibility index (Phi) is 6.22. The third kappa shape index (κ3) is 4.71. The van der Waals surface area contributed by atoms with E-state index in [0.717, 1.165) is 32.1 Å². The van der Waals surface area contributed by atoms with Crippen LogP contribution in [0.15, 0.2) is 75.0 Å². The maximum Gasteiger partial charge on any atom is 0.309 e. The molecule has 0 aliphatic rings. The number of nitrogens with zero attached hydrogens (tertiary/aromatic N) is 2. The van der Waals surface area contributed by atoms with Crippen LogP contribution in [0.5, 0.6) is 5.75 Å². The van der Waals surface area contributed by atoms with Crippen molar-refractivity contribution in [2.45, 2.75) is 6.54 Å². The van der Waals surface area contributed by atoms with Crippen molar-refractivity contribution >= 4 is 61.8 Å². The first-order valence-corrected chi connectivity index (χ1v) is 11.1. The van der Waals surface area contributed by atoms with Gasteiger partial charge in [0.05, 0.1) is 23.2 Å². The lowest BCUT2D eigenvalue weighted by molar-refractivity contribution is 0.0952. The molecule has 1 heterocycles. The minimum atomic E-state index is -0.572. The monoisotopic (exact) mass is 515 g/mol. The molecule has 3 aromatic carbocycles. The van der Waals surface area contributed by atoms with E-state index in [1.807, 2.05) is 48.5 Å². The van der Waals surface area contributed by atoms with E-state index in [9.17, 15) is 14.7 Å². The third-order valence-electron chi connectivity index (χ3n) is 4.57. The summed E-state index contributed by atoms with van der Waals surface area (Å²) < 4.78 is 2.38. The number of hydrogen-bond donors (Lipinski definition) is 2. The number of amides is 1. The van der Waals surface area contributed by atoms with E-state index >= 15 is 0 Å². The smallest absolute Gasteiger partial charge is 0.309 e. The quantitative estimate of drug-likeness (QED) is 0.289. The van der Waals surface area contributed by atoms with Gasteiger partial charge < -0.3 is 5.11 Å². The van der Waals surface area contributed by atoms with Crippen LogP contribution in [0.2, 0.25) is 5.15 Å². The molecule has 0 atom stereocenters. The molecule has 0 saturated heterocycles. The van der Waals surface area contributed by atoms with Crippen LogP contribution in [-0.4, -0.2) is 21.8 Å². The Morgan fingerprint density at radius 1 is 1.16 bits per heavy atom. The molecule has 0 bridgehead atoms. The number of benzene rings is 3. The number of phenolic OH excluding ortho intramolecular Hbond substituents is 1. The summed E-state index contributed by atoms with van der Waals surface area (Å²) in [6, 6.07) is 18.1. The summed E-state index contributed by atoms with van der Waals surface area (Å²) in [5.41, 5.74) is 3.39. The van der Waals surface area contributed by atoms with Crippen LogP contribution in [0, 0.1) is 0 Å². The molecule has 2 N–H and O–H groups in total. The summed E-state index contributed by atoms with van der Waals surface area (Å²) in [6.07, 6.45) is 1.32. The third-order valence-corrected chi connectivity index (χ3v) is 6.53. The topological polar surface area (TPSA) is 83.7 Å². The number of carbonyl (C=O) groups is 1. The van der Waals surface area contributed by atoms with Crippen LogP contribution in [0.1, 0.15) is 20.8 Å². The predicted octanol–water partition coefficient (Wildman–Crippen LogP) is 5.00. The number of hydrogen-bond acceptors (Lipinski definition) is 5. The molecule has 4 rings (SSSR count). The maximum absolute atomic E-state index is 12.4. The van der Waals surface area contributed by atoms with Gasteiger partial charge in [-0.1, -0.05) is 75.3 Å². The van der Waals surface area contributed by atoms with E-state index in [2.05, 4.69) is 26.5 Å². The van der Waals surface area contributed by atoms with Crippen LogP contribution < -0.4 is 10.3 Å². The van der Waals surface area contributed by atoms with Gasteiger partial charge in [0, 0.05) is 4.47 Å². The standard InChI is InChI=1S/C22H15BrClN3O3S/c23-16-7-5-13(6-8-16)12-27-20(24)19(31-22(27)30)11-25-26-21(29)17-9-14-3-1-2-4-15(14)10-18(17)28/h1-11,28H,12H2,(H,26,29)/b25-11+. The summed E-state index contributed by atoms with van der Waals surface area (Å²) in [6.45, 7) is 0.326. The first-order chi connectivity index (χ1) is 14.9. The SMILES string of the molecule is O=C(N/N=C/c1sc(=O)n(Cc2ccc(Br)cc2)c1Cl)c1cc2ccccc2cc1O. The zero-order valence-electron chi connectivity index (χ0n) is 15.9. The Balaban J connectivity index is 1.50. The van der Waals surface area contributed by atoms with E-state index in [-0.39, 0.29) is 21.3 Å². The Bertz CT molecular complexity index is 1360. The van der Waals surface area contributed by atoms with Crippen molar-refractivity contribution < 1.29 is 9.90 Å². The Hall–Kier alpha value is -2.94. The normalized spacial score (nSPS) is 11.3. The summed E-state index contributed by atoms with van der Waals surface area (Å²) in [5.74, 6) is -0.716. The van der Waals surface area contributed by atoms with Crippen molar-refractivity contribution in [1.29, 1.82) is 0 Å². The van der Waals surface area contributed by atoms with Crippen molar-refractivity contribution in [2.75, 3.05) is 0 Å². The van der Waals surface area contributed by atoms with Crippen molar-refractivity contribution in [1.82, 2.24) is 9.99 Å². The maximum atomic E-state index is 12.4. The molecule has 9 heteroatoms. The first kappa shape index (κ1) is 21.3. The number of rotatable bonds is 5. The number of carbonyl (C=O) groups excluding carboxylic acids is 1. The number of thiazole rings is 1. The van der Waals surface area contributed by atoms with Crippen molar-refractivity contribution in [3.05, 3.63) is 96.0 Å². The van der Waals surface area contributed by atoms with E-state index in [1.54, 1.807) is 6.07 Å². The lowest BCUT2D eigenvalue weighted by atomic mass is 10.1. The van der Waals surface area contributed by atoms with Crippen molar-refractivity contribution in [2.24, 2.45) is 5.10 Å². The summed E-state index contributed by atoms with van der Waals surface area (Å²) in [7, 11) is 0. The molecule has 0 unspecified atom stereocenters. The van der Waals surface area contributed by atoms with Gasteiger partial charge in [-0.25, -0.2) is 5.43 Å². The second kappa shape index (κ2) is 9.05. The molecule has 31 heavy (non-hydrogen) atoms. The number of aromatic nitrogens is 1. The second-order valence-electron chi connectivity index (χ2n) is 6.65. The highest BCUT2D eigenvalue weighted by molar-refractivity contribution is 9.10. The number of phenols is 1. The highest BCUT2D eigenvalue weighted by atomic mass is 79.9. The molecular weight excluding hydrogens is 502 g/mol. The molecule has 1 amide bonds. The molecule has 6 nitrogen and oxygen atoms in total. The Morgan fingerprint density at radius 3 is 2.55 bits per heavy atom. The fourth-order valence-corrected chi connectivity index (χ4v) is 4.38. The van der Waals surface area contributed by atoms with Gasteiger partial charge in [0.25, 0.3) is 5.91 Å². The van der Waals surface area contributed by atoms with Gasteiger partial charge in [0.2, 0.25) is 0 Å². The van der Waals surface area contributed by atoms with E-state index in [0.29, 0.717) is 11.4 Å². The van der Waals surface area contributed by atoms with Crippen LogP contribution in [0.3, 0.4) is 0 Å². The van der Waals surface area contributed by atoms with Crippen molar-refractivity contribution in [3.63, 3.8) is 0 Å². The molecule has 156 valence electrons. The number of hydrazone groups is 1. The molecule has 0 radical (unpaired) electrons. The van der Waals surface area contributed by atoms with E-state index < -0.39 is 5.91 Å². The first-order valence-electron chi connectivity index (χ1n) is 9.11. The molecule has 0 saturated carbocycles. The average molecular weight is 517 g/mol. The summed E-state index contributed by atoms with van der Waals surface area (Å²) in [4.78, 5) is 25.0. The number of fused-ring (bicyclic) bond motifs is 1. The zero-order valence-corrected chi connectivity index (χ0v) is 19.0. The average Bonchev–Trinajstić information content (AvgIpc) is 3.02. The Labute approximate surface area is 194 Å². The van der Waals surface area contributed by atoms with Crippen LogP contribution >= 0.6 is 38.9 Å². The van der Waals surface area contributed by atoms with Crippen LogP contribution in [-0.2, 0) is 6.54 Å². The zero-order chi connectivity index (χ0) is 22.0. The van der Waals surface area contributed by atoms with Crippen molar-refractivity contribution in [3.8, 4) is 5.75 Å². The van der Waals surface area contributed by atoms with Gasteiger partial charge in [0.1, 0.15) is 10.9 Å². The van der Waals surface area contributed by atoms with Gasteiger partial charge >= 0.3 is 4.87 Å². The Morgan fingerprint density at radius 2 is 1.84 bits per heavy atom. The number of aromatic hydroxyl groups is 1. The van der Waals surface area contributed by atoms with Gasteiger partial charge in [-0.15, -0.1) is 0 Å². The minimum absolute atomic E-state index is 0.0999. The van der Waals surface area contributed by atoms with Gasteiger partial charge in [-0.2, -0.15) is 5.10 Å². The predicted molar refractivity (Wildman–Crippen MR) is 128 cm³/mol. The number of halogens is 2. The number of nitrogens with one attached hydrogen (secondary N) is 1. The minimum Gasteiger partial charge on any atom is -0.507 e. The van der Waals surface area contributed by atoms with E-state index in [1.165, 1.54) is 16.8 Å². The summed E-state index contributed by atoms with van der Waals surface area (Å²) in [5, 5.41) is 15.9. The largest absolute Gasteiger partial charge is 0.507 e. The van der Waals surface area contributed by atoms with Crippen LogP contribution in [0.4, 0.5) is 0 Å². The molecule has 0 aliphatic heterocycles. The molecular formula is C22H15BrClN3O3S. The molecule has 0 fully saturated rings. The van der Waals surface area contributed by atoms with Gasteiger partial charge in [-0.05, 0) is 40.6 Å².